The Balaban J connectivity index is 2.07. The minimum absolute atomic E-state index is 0.141. The molecule has 2 nitrogen and oxygen atoms in total. The van der Waals surface area contributed by atoms with Gasteiger partial charge in [-0.15, -0.1) is 0 Å². The van der Waals surface area contributed by atoms with Gasteiger partial charge in [-0.05, 0) is 50.9 Å². The normalized spacial score (nSPS) is 21.5. The average Bonchev–Trinajstić information content (AvgIpc) is 2.52. The Kier molecular flexibility index (Phi) is 3.78. The number of hydrogen-bond donors (Lipinski definition) is 2. The van der Waals surface area contributed by atoms with Crippen molar-refractivity contribution in [1.82, 2.24) is 5.32 Å². The van der Waals surface area contributed by atoms with E-state index in [-0.39, 0.29) is 5.82 Å². The van der Waals surface area contributed by atoms with Crippen LogP contribution in [0.5, 0.6) is 0 Å². The van der Waals surface area contributed by atoms with Gasteiger partial charge in [-0.25, -0.2) is 4.39 Å². The van der Waals surface area contributed by atoms with Gasteiger partial charge in [-0.1, -0.05) is 12.1 Å². The molecule has 0 bridgehead atoms. The van der Waals surface area contributed by atoms with Crippen LogP contribution in [0.3, 0.4) is 0 Å². The summed E-state index contributed by atoms with van der Waals surface area (Å²) in [6.45, 7) is 4.04. The summed E-state index contributed by atoms with van der Waals surface area (Å²) < 4.78 is 13.6. The third kappa shape index (κ3) is 2.73. The van der Waals surface area contributed by atoms with Crippen LogP contribution in [0.15, 0.2) is 18.2 Å². The Bertz CT molecular complexity index is 324. The number of rotatable bonds is 2. The molecule has 2 rings (SSSR count). The van der Waals surface area contributed by atoms with Crippen LogP contribution >= 0.6 is 0 Å². The van der Waals surface area contributed by atoms with Crippen LogP contribution in [0.1, 0.15) is 24.8 Å². The highest BCUT2D eigenvalue weighted by molar-refractivity contribution is 5.52. The van der Waals surface area contributed by atoms with Crippen molar-refractivity contribution in [3.05, 3.63) is 29.6 Å². The highest BCUT2D eigenvalue weighted by Gasteiger charge is 2.14. The highest BCUT2D eigenvalue weighted by Crippen LogP contribution is 2.21. The zero-order valence-electron chi connectivity index (χ0n) is 9.72. The lowest BCUT2D eigenvalue weighted by molar-refractivity contribution is 0.604. The third-order valence-electron chi connectivity index (χ3n) is 3.15. The van der Waals surface area contributed by atoms with E-state index < -0.39 is 0 Å². The van der Waals surface area contributed by atoms with Crippen LogP contribution in [0.4, 0.5) is 10.1 Å². The molecule has 1 aromatic rings. The molecular formula is C13H19FN2. The van der Waals surface area contributed by atoms with Crippen LogP contribution in [0.25, 0.3) is 0 Å². The lowest BCUT2D eigenvalue weighted by atomic mass is 10.1. The van der Waals surface area contributed by atoms with E-state index in [0.29, 0.717) is 11.7 Å². The van der Waals surface area contributed by atoms with Gasteiger partial charge in [0.05, 0.1) is 5.69 Å². The maximum Gasteiger partial charge on any atom is 0.146 e. The van der Waals surface area contributed by atoms with Crippen LogP contribution in [0, 0.1) is 12.7 Å². The quantitative estimate of drug-likeness (QED) is 0.804. The number of halogens is 1. The molecule has 1 fully saturated rings. The number of para-hydroxylation sites is 1. The summed E-state index contributed by atoms with van der Waals surface area (Å²) in [5, 5.41) is 6.70. The van der Waals surface area contributed by atoms with Crippen molar-refractivity contribution in [2.75, 3.05) is 18.4 Å². The summed E-state index contributed by atoms with van der Waals surface area (Å²) in [4.78, 5) is 0. The molecule has 1 saturated heterocycles. The average molecular weight is 222 g/mol. The molecule has 88 valence electrons. The molecule has 1 aliphatic heterocycles. The van der Waals surface area contributed by atoms with Crippen molar-refractivity contribution >= 4 is 5.69 Å². The van der Waals surface area contributed by atoms with Gasteiger partial charge in [-0.2, -0.15) is 0 Å². The molecule has 1 aliphatic rings. The largest absolute Gasteiger partial charge is 0.380 e. The minimum Gasteiger partial charge on any atom is -0.380 e. The Morgan fingerprint density at radius 1 is 1.31 bits per heavy atom. The fourth-order valence-electron chi connectivity index (χ4n) is 2.18. The van der Waals surface area contributed by atoms with E-state index in [4.69, 9.17) is 0 Å². The van der Waals surface area contributed by atoms with Gasteiger partial charge in [0.1, 0.15) is 5.82 Å². The number of benzene rings is 1. The number of aryl methyl sites for hydroxylation is 1. The first-order valence-corrected chi connectivity index (χ1v) is 6.00. The lowest BCUT2D eigenvalue weighted by Crippen LogP contribution is -2.22. The van der Waals surface area contributed by atoms with Crippen LogP contribution < -0.4 is 10.6 Å². The zero-order valence-corrected chi connectivity index (χ0v) is 9.72. The molecule has 16 heavy (non-hydrogen) atoms. The molecule has 1 aromatic carbocycles. The van der Waals surface area contributed by atoms with E-state index in [2.05, 4.69) is 10.6 Å². The summed E-state index contributed by atoms with van der Waals surface area (Å²) >= 11 is 0. The van der Waals surface area contributed by atoms with E-state index in [1.54, 1.807) is 6.07 Å². The van der Waals surface area contributed by atoms with Gasteiger partial charge >= 0.3 is 0 Å². The SMILES string of the molecule is Cc1cccc(F)c1NC1CCCNCC1. The zero-order chi connectivity index (χ0) is 11.4. The first-order valence-electron chi connectivity index (χ1n) is 6.00. The standard InChI is InChI=1S/C13H19FN2/c1-10-4-2-6-12(14)13(10)16-11-5-3-8-15-9-7-11/h2,4,6,11,15-16H,3,5,7-9H2,1H3. The van der Waals surface area contributed by atoms with Crippen molar-refractivity contribution in [1.29, 1.82) is 0 Å². The lowest BCUT2D eigenvalue weighted by Gasteiger charge is -2.19. The summed E-state index contributed by atoms with van der Waals surface area (Å²) in [6, 6.07) is 5.61. The van der Waals surface area contributed by atoms with E-state index >= 15 is 0 Å². The molecule has 2 N–H and O–H groups in total. The van der Waals surface area contributed by atoms with Crippen molar-refractivity contribution in [2.24, 2.45) is 0 Å². The highest BCUT2D eigenvalue weighted by atomic mass is 19.1. The Labute approximate surface area is 96.2 Å². The second-order valence-electron chi connectivity index (χ2n) is 4.45. The fraction of sp³-hybridized carbons (Fsp3) is 0.538. The van der Waals surface area contributed by atoms with Crippen molar-refractivity contribution in [2.45, 2.75) is 32.2 Å². The minimum atomic E-state index is -0.141. The smallest absolute Gasteiger partial charge is 0.146 e. The van der Waals surface area contributed by atoms with Gasteiger partial charge in [0.25, 0.3) is 0 Å². The van der Waals surface area contributed by atoms with Crippen molar-refractivity contribution in [3.63, 3.8) is 0 Å². The summed E-state index contributed by atoms with van der Waals surface area (Å²) in [6.07, 6.45) is 3.33. The van der Waals surface area contributed by atoms with E-state index in [1.807, 2.05) is 13.0 Å². The molecule has 1 unspecified atom stereocenters. The molecule has 1 heterocycles. The number of anilines is 1. The predicted octanol–water partition coefficient (Wildman–Crippen LogP) is 2.69. The van der Waals surface area contributed by atoms with Crippen LogP contribution in [-0.4, -0.2) is 19.1 Å². The van der Waals surface area contributed by atoms with Gasteiger partial charge in [0.15, 0.2) is 0 Å². The Morgan fingerprint density at radius 2 is 2.19 bits per heavy atom. The first kappa shape index (κ1) is 11.4. The van der Waals surface area contributed by atoms with Crippen LogP contribution in [0.2, 0.25) is 0 Å². The maximum absolute atomic E-state index is 13.6. The molecule has 0 amide bonds. The van der Waals surface area contributed by atoms with Gasteiger partial charge in [0.2, 0.25) is 0 Å². The van der Waals surface area contributed by atoms with E-state index in [1.165, 1.54) is 6.07 Å². The molecular weight excluding hydrogens is 203 g/mol. The van der Waals surface area contributed by atoms with Gasteiger partial charge in [0, 0.05) is 6.04 Å². The van der Waals surface area contributed by atoms with Gasteiger partial charge in [-0.3, -0.25) is 0 Å². The number of nitrogens with one attached hydrogen (secondary N) is 2. The monoisotopic (exact) mass is 222 g/mol. The molecule has 0 spiro atoms. The van der Waals surface area contributed by atoms with Crippen molar-refractivity contribution < 1.29 is 4.39 Å². The number of hydrogen-bond acceptors (Lipinski definition) is 2. The third-order valence-corrected chi connectivity index (χ3v) is 3.15. The second kappa shape index (κ2) is 5.30. The van der Waals surface area contributed by atoms with Crippen molar-refractivity contribution in [3.8, 4) is 0 Å². The second-order valence-corrected chi connectivity index (χ2v) is 4.45. The molecule has 0 aliphatic carbocycles. The Morgan fingerprint density at radius 3 is 3.00 bits per heavy atom. The summed E-state index contributed by atoms with van der Waals surface area (Å²) in [7, 11) is 0. The molecule has 3 heteroatoms. The molecule has 0 saturated carbocycles. The topological polar surface area (TPSA) is 24.1 Å². The molecule has 1 atom stereocenters. The summed E-state index contributed by atoms with van der Waals surface area (Å²) in [5.41, 5.74) is 1.66. The van der Waals surface area contributed by atoms with E-state index in [0.717, 1.165) is 37.9 Å². The van der Waals surface area contributed by atoms with Gasteiger partial charge < -0.3 is 10.6 Å². The summed E-state index contributed by atoms with van der Waals surface area (Å²) in [5.74, 6) is -0.141. The maximum atomic E-state index is 13.6. The fourth-order valence-corrected chi connectivity index (χ4v) is 2.18. The predicted molar refractivity (Wildman–Crippen MR) is 65.3 cm³/mol. The van der Waals surface area contributed by atoms with Crippen LogP contribution in [-0.2, 0) is 0 Å². The van der Waals surface area contributed by atoms with E-state index in [9.17, 15) is 4.39 Å². The first-order chi connectivity index (χ1) is 7.77. The molecule has 0 aromatic heterocycles. The molecule has 0 radical (unpaired) electrons. The Hall–Kier alpha value is -1.09.